The van der Waals surface area contributed by atoms with E-state index in [1.807, 2.05) is 20.8 Å². The molecule has 0 rings (SSSR count). The molecule has 0 N–H and O–H groups in total. The molecule has 0 aliphatic heterocycles. The third kappa shape index (κ3) is 10.2. The summed E-state index contributed by atoms with van der Waals surface area (Å²) < 4.78 is 21.3. The van der Waals surface area contributed by atoms with Crippen LogP contribution in [0.15, 0.2) is 0 Å². The number of unbranched alkanes of at least 4 members (excludes halogenated alkanes) is 1. The fraction of sp³-hybridized carbons (Fsp3) is 0.900. The first-order valence-electron chi connectivity index (χ1n) is 5.43. The van der Waals surface area contributed by atoms with Gasteiger partial charge in [0.05, 0.1) is 0 Å². The van der Waals surface area contributed by atoms with Gasteiger partial charge in [0.1, 0.15) is 0 Å². The fourth-order valence-corrected chi connectivity index (χ4v) is 3.70. The van der Waals surface area contributed by atoms with Gasteiger partial charge in [0, 0.05) is 0 Å². The fourth-order valence-electron chi connectivity index (χ4n) is 0.873. The standard InChI is InChI=1S/C6H12O3.C4H9.O.Sn/c1-5(2)3-4-9-6(7)8;1-3-4-2;;/h5H,3-4H2,1-2H3,(H,7,8);1,3-4H2,2H3;;/q;;;+1/p-1. The zero-order valence-corrected chi connectivity index (χ0v) is 12.6. The summed E-state index contributed by atoms with van der Waals surface area (Å²) in [6, 6.07) is 0. The molecule has 0 atom stereocenters. The molecular weight excluding hydrogens is 303 g/mol. The predicted octanol–water partition coefficient (Wildman–Crippen LogP) is 2.90. The van der Waals surface area contributed by atoms with Crippen LogP contribution in [-0.2, 0) is 10.9 Å². The van der Waals surface area contributed by atoms with Crippen molar-refractivity contribution in [1.82, 2.24) is 0 Å². The molecule has 0 heterocycles. The molecule has 4 nitrogen and oxygen atoms in total. The molecule has 0 amide bonds. The molecule has 0 aromatic carbocycles. The number of rotatable bonds is 7. The van der Waals surface area contributed by atoms with Crippen molar-refractivity contribution >= 4 is 26.3 Å². The molecule has 5 heteroatoms. The summed E-state index contributed by atoms with van der Waals surface area (Å²) in [5, 5.41) is 0. The van der Waals surface area contributed by atoms with E-state index >= 15 is 0 Å². The van der Waals surface area contributed by atoms with Gasteiger partial charge in [-0.2, -0.15) is 0 Å². The molecule has 0 unspecified atom stereocenters. The van der Waals surface area contributed by atoms with E-state index in [1.165, 1.54) is 0 Å². The minimum atomic E-state index is -3.11. The van der Waals surface area contributed by atoms with E-state index in [-0.39, 0.29) is 0 Å². The van der Waals surface area contributed by atoms with Gasteiger partial charge in [0.2, 0.25) is 0 Å². The Morgan fingerprint density at radius 2 is 2.07 bits per heavy atom. The predicted molar refractivity (Wildman–Crippen MR) is 58.0 cm³/mol. The summed E-state index contributed by atoms with van der Waals surface area (Å²) in [5.41, 5.74) is 0. The SMILES string of the molecule is CCC[CH2][Sn](=[O])[O]C(=O)OCCC(C)C. The topological polar surface area (TPSA) is 52.6 Å². The quantitative estimate of drug-likeness (QED) is 0.534. The Morgan fingerprint density at radius 3 is 2.60 bits per heavy atom. The second-order valence-electron chi connectivity index (χ2n) is 3.86. The molecule has 88 valence electrons. The molecule has 0 aliphatic carbocycles. The first-order valence-corrected chi connectivity index (χ1v) is 9.78. The van der Waals surface area contributed by atoms with E-state index < -0.39 is 26.3 Å². The van der Waals surface area contributed by atoms with Crippen LogP contribution in [0.1, 0.15) is 40.0 Å². The van der Waals surface area contributed by atoms with Crippen molar-refractivity contribution in [2.45, 2.75) is 44.5 Å². The van der Waals surface area contributed by atoms with Crippen molar-refractivity contribution in [3.63, 3.8) is 0 Å². The van der Waals surface area contributed by atoms with Gasteiger partial charge in [0.15, 0.2) is 0 Å². The molecule has 0 saturated carbocycles. The van der Waals surface area contributed by atoms with Crippen molar-refractivity contribution in [3.05, 3.63) is 0 Å². The van der Waals surface area contributed by atoms with Gasteiger partial charge in [-0.1, -0.05) is 0 Å². The van der Waals surface area contributed by atoms with Crippen molar-refractivity contribution < 1.29 is 15.7 Å². The third-order valence-corrected chi connectivity index (χ3v) is 5.15. The van der Waals surface area contributed by atoms with Crippen molar-refractivity contribution in [2.24, 2.45) is 5.92 Å². The van der Waals surface area contributed by atoms with E-state index in [9.17, 15) is 7.87 Å². The average molecular weight is 323 g/mol. The monoisotopic (exact) mass is 324 g/mol. The van der Waals surface area contributed by atoms with Crippen LogP contribution in [-0.4, -0.2) is 32.9 Å². The van der Waals surface area contributed by atoms with E-state index in [1.54, 1.807) is 0 Å². The van der Waals surface area contributed by atoms with Crippen LogP contribution in [0.4, 0.5) is 4.79 Å². The van der Waals surface area contributed by atoms with Crippen molar-refractivity contribution in [1.29, 1.82) is 0 Å². The second-order valence-corrected chi connectivity index (χ2v) is 7.99. The molecule has 0 aromatic rings. The molecule has 0 fully saturated rings. The average Bonchev–Trinajstić information content (AvgIpc) is 2.14. The maximum atomic E-state index is 11.3. The van der Waals surface area contributed by atoms with Crippen LogP contribution < -0.4 is 0 Å². The summed E-state index contributed by atoms with van der Waals surface area (Å²) >= 11 is -3.11. The van der Waals surface area contributed by atoms with Crippen molar-refractivity contribution in [2.75, 3.05) is 6.61 Å². The van der Waals surface area contributed by atoms with Crippen LogP contribution in [0.2, 0.25) is 4.44 Å². The summed E-state index contributed by atoms with van der Waals surface area (Å²) in [6.07, 6.45) is 1.88. The van der Waals surface area contributed by atoms with Crippen LogP contribution in [0.3, 0.4) is 0 Å². The van der Waals surface area contributed by atoms with Gasteiger partial charge in [0.25, 0.3) is 0 Å². The van der Waals surface area contributed by atoms with E-state index in [0.717, 1.165) is 19.3 Å². The Labute approximate surface area is 99.0 Å². The number of hydrogen-bond acceptors (Lipinski definition) is 4. The second kappa shape index (κ2) is 9.12. The molecule has 0 spiro atoms. The van der Waals surface area contributed by atoms with Crippen LogP contribution in [0, 0.1) is 5.92 Å². The molecule has 0 aromatic heterocycles. The van der Waals surface area contributed by atoms with Gasteiger partial charge < -0.3 is 0 Å². The van der Waals surface area contributed by atoms with Crippen LogP contribution in [0.5, 0.6) is 0 Å². The molecular formula is C10H20O4Sn. The molecule has 0 saturated heterocycles. The zero-order valence-electron chi connectivity index (χ0n) is 9.75. The number of ether oxygens (including phenoxy) is 1. The van der Waals surface area contributed by atoms with Crippen LogP contribution in [0.25, 0.3) is 0 Å². The number of carbonyl (C=O) groups excluding carboxylic acids is 1. The number of hydrogen-bond donors (Lipinski definition) is 0. The molecule has 0 aliphatic rings. The zero-order chi connectivity index (χ0) is 11.7. The van der Waals surface area contributed by atoms with Gasteiger partial charge >= 0.3 is 99.0 Å². The first-order chi connectivity index (χ1) is 7.06. The van der Waals surface area contributed by atoms with Gasteiger partial charge in [-0.25, -0.2) is 0 Å². The third-order valence-electron chi connectivity index (χ3n) is 1.85. The number of carbonyl (C=O) groups is 1. The van der Waals surface area contributed by atoms with Crippen molar-refractivity contribution in [3.8, 4) is 0 Å². The first kappa shape index (κ1) is 14.9. The summed E-state index contributed by atoms with van der Waals surface area (Å²) in [5.74, 6) is 0.489. The Kier molecular flexibility index (Phi) is 9.04. The summed E-state index contributed by atoms with van der Waals surface area (Å²) in [7, 11) is 0. The van der Waals surface area contributed by atoms with E-state index in [4.69, 9.17) is 7.81 Å². The van der Waals surface area contributed by atoms with Gasteiger partial charge in [-0.05, 0) is 0 Å². The Balaban J connectivity index is 3.51. The summed E-state index contributed by atoms with van der Waals surface area (Å²) in [6.45, 7) is 6.45. The maximum absolute atomic E-state index is 11.3. The van der Waals surface area contributed by atoms with E-state index in [0.29, 0.717) is 17.0 Å². The molecule has 15 heavy (non-hydrogen) atoms. The Bertz CT molecular complexity index is 204. The Hall–Kier alpha value is -0.131. The van der Waals surface area contributed by atoms with Gasteiger partial charge in [-0.15, -0.1) is 0 Å². The normalized spacial score (nSPS) is 10.1. The summed E-state index contributed by atoms with van der Waals surface area (Å²) in [4.78, 5) is 11.0. The van der Waals surface area contributed by atoms with Crippen LogP contribution >= 0.6 is 0 Å². The molecule has 0 radical (unpaired) electrons. The van der Waals surface area contributed by atoms with Gasteiger partial charge in [-0.3, -0.25) is 0 Å². The minimum absolute atomic E-state index is 0.348. The molecule has 0 bridgehead atoms. The van der Waals surface area contributed by atoms with E-state index in [2.05, 4.69) is 0 Å². The Morgan fingerprint density at radius 1 is 1.40 bits per heavy atom.